The van der Waals surface area contributed by atoms with Gasteiger partial charge in [-0.25, -0.2) is 9.59 Å². The Morgan fingerprint density at radius 3 is 2.17 bits per heavy atom. The third-order valence-corrected chi connectivity index (χ3v) is 8.82. The molecule has 2 saturated carbocycles. The maximum atomic E-state index is 13.2. The second kappa shape index (κ2) is 10.8. The zero-order valence-electron chi connectivity index (χ0n) is 24.1. The molecule has 11 nitrogen and oxygen atoms in total. The number of aliphatic hydroxyl groups is 2. The first-order chi connectivity index (χ1) is 19.1. The van der Waals surface area contributed by atoms with Crippen LogP contribution in [0.5, 0.6) is 0 Å². The van der Waals surface area contributed by atoms with Crippen molar-refractivity contribution in [1.82, 2.24) is 0 Å². The molecule has 41 heavy (non-hydrogen) atoms. The van der Waals surface area contributed by atoms with E-state index in [0.717, 1.165) is 5.56 Å². The molecule has 0 unspecified atom stereocenters. The van der Waals surface area contributed by atoms with Crippen LogP contribution in [0.25, 0.3) is 6.08 Å². The van der Waals surface area contributed by atoms with E-state index < -0.39 is 83.0 Å². The Labute approximate surface area is 238 Å². The highest BCUT2D eigenvalue weighted by atomic mass is 16.6. The van der Waals surface area contributed by atoms with Crippen molar-refractivity contribution in [3.8, 4) is 0 Å². The van der Waals surface area contributed by atoms with Gasteiger partial charge in [-0.15, -0.1) is 0 Å². The zero-order chi connectivity index (χ0) is 30.4. The number of fused-ring (bicyclic) bond motifs is 1. The fourth-order valence-electron chi connectivity index (χ4n) is 7.28. The summed E-state index contributed by atoms with van der Waals surface area (Å²) in [6.07, 6.45) is -2.01. The van der Waals surface area contributed by atoms with Crippen LogP contribution in [0.4, 0.5) is 0 Å². The lowest BCUT2D eigenvalue weighted by Crippen LogP contribution is -2.81. The van der Waals surface area contributed by atoms with Crippen LogP contribution in [0.2, 0.25) is 0 Å². The molecule has 0 amide bonds. The lowest BCUT2D eigenvalue weighted by molar-refractivity contribution is -0.345. The van der Waals surface area contributed by atoms with Crippen molar-refractivity contribution in [2.24, 2.45) is 11.3 Å². The second-order valence-electron chi connectivity index (χ2n) is 12.0. The molecular weight excluding hydrogens is 536 g/mol. The van der Waals surface area contributed by atoms with Crippen molar-refractivity contribution in [3.05, 3.63) is 42.0 Å². The molecule has 1 aromatic carbocycles. The molecule has 0 radical (unpaired) electrons. The van der Waals surface area contributed by atoms with E-state index in [1.54, 1.807) is 26.8 Å². The molecule has 0 aromatic heterocycles. The fourth-order valence-corrected chi connectivity index (χ4v) is 7.28. The molecule has 2 bridgehead atoms. The zero-order valence-corrected chi connectivity index (χ0v) is 24.1. The summed E-state index contributed by atoms with van der Waals surface area (Å²) in [6.45, 7) is 8.07. The smallest absolute Gasteiger partial charge is 0.332 e. The lowest BCUT2D eigenvalue weighted by atomic mass is 9.47. The van der Waals surface area contributed by atoms with E-state index in [0.29, 0.717) is 0 Å². The maximum Gasteiger partial charge on any atom is 0.332 e. The van der Waals surface area contributed by atoms with Crippen LogP contribution >= 0.6 is 0 Å². The van der Waals surface area contributed by atoms with E-state index >= 15 is 0 Å². The van der Waals surface area contributed by atoms with Crippen LogP contribution in [0.3, 0.4) is 0 Å². The van der Waals surface area contributed by atoms with E-state index in [2.05, 4.69) is 0 Å². The summed E-state index contributed by atoms with van der Waals surface area (Å²) in [7, 11) is 0. The lowest BCUT2D eigenvalue weighted by Gasteiger charge is -2.65. The third kappa shape index (κ3) is 5.15. The van der Waals surface area contributed by atoms with Gasteiger partial charge in [0, 0.05) is 32.3 Å². The monoisotopic (exact) mass is 574 g/mol. The minimum atomic E-state index is -1.85. The maximum absolute atomic E-state index is 13.2. The van der Waals surface area contributed by atoms with Gasteiger partial charge in [0.2, 0.25) is 0 Å². The molecule has 1 aromatic rings. The van der Waals surface area contributed by atoms with E-state index in [9.17, 15) is 29.4 Å². The van der Waals surface area contributed by atoms with E-state index in [4.69, 9.17) is 23.7 Å². The summed E-state index contributed by atoms with van der Waals surface area (Å²) in [4.78, 5) is 50.3. The van der Waals surface area contributed by atoms with Gasteiger partial charge in [0.05, 0.1) is 16.6 Å². The highest BCUT2D eigenvalue weighted by Gasteiger charge is 2.84. The van der Waals surface area contributed by atoms with Crippen molar-refractivity contribution in [3.63, 3.8) is 0 Å². The van der Waals surface area contributed by atoms with Crippen LogP contribution < -0.4 is 0 Å². The minimum Gasteiger partial charge on any atom is -0.459 e. The van der Waals surface area contributed by atoms with E-state index in [-0.39, 0.29) is 12.8 Å². The number of aliphatic hydroxyl groups excluding tert-OH is 1. The van der Waals surface area contributed by atoms with Gasteiger partial charge in [-0.05, 0) is 45.8 Å². The average molecular weight is 575 g/mol. The Balaban J connectivity index is 1.89. The van der Waals surface area contributed by atoms with Crippen LogP contribution in [-0.2, 0) is 42.9 Å². The molecule has 3 fully saturated rings. The molecule has 8 atom stereocenters. The number of rotatable bonds is 7. The first-order valence-corrected chi connectivity index (χ1v) is 13.6. The predicted octanol–water partition coefficient (Wildman–Crippen LogP) is 2.11. The molecule has 11 heteroatoms. The SMILES string of the molecule is CC(=O)O[C@H]1C[C@](C)(O)[C@]23OC(C)(C)[C@H](C[C@H](OC(=O)C=Cc4ccccc4)[C@]2(C)[C@H]1OC(=O)CO)[C@H]3OC(C)=O. The number of ether oxygens (including phenoxy) is 5. The normalized spacial score (nSPS) is 37.1. The molecule has 3 aliphatic rings. The Bertz CT molecular complexity index is 1220. The Morgan fingerprint density at radius 2 is 1.59 bits per heavy atom. The van der Waals surface area contributed by atoms with Crippen molar-refractivity contribution in [1.29, 1.82) is 0 Å². The molecule has 2 N–H and O–H groups in total. The summed E-state index contributed by atoms with van der Waals surface area (Å²) in [5.41, 5.74) is -5.50. The first-order valence-electron chi connectivity index (χ1n) is 13.6. The first kappa shape index (κ1) is 30.7. The van der Waals surface area contributed by atoms with Crippen LogP contribution in [-0.4, -0.2) is 81.9 Å². The molecule has 1 saturated heterocycles. The molecule has 1 heterocycles. The second-order valence-corrected chi connectivity index (χ2v) is 12.0. The number of carbonyl (C=O) groups is 4. The summed E-state index contributed by atoms with van der Waals surface area (Å²) >= 11 is 0. The van der Waals surface area contributed by atoms with Gasteiger partial charge in [0.1, 0.15) is 30.5 Å². The fraction of sp³-hybridized carbons (Fsp3) is 0.600. The highest BCUT2D eigenvalue weighted by molar-refractivity contribution is 5.87. The van der Waals surface area contributed by atoms with Crippen molar-refractivity contribution < 1.29 is 53.1 Å². The van der Waals surface area contributed by atoms with Gasteiger partial charge < -0.3 is 33.9 Å². The number of benzene rings is 1. The Hall–Kier alpha value is -3.28. The van der Waals surface area contributed by atoms with Crippen molar-refractivity contribution >= 4 is 30.0 Å². The quantitative estimate of drug-likeness (QED) is 0.279. The predicted molar refractivity (Wildman–Crippen MR) is 143 cm³/mol. The molecule has 1 spiro atoms. The molecular formula is C30H38O11. The Kier molecular flexibility index (Phi) is 8.12. The van der Waals surface area contributed by atoms with Crippen molar-refractivity contribution in [2.75, 3.05) is 6.61 Å². The topological polar surface area (TPSA) is 155 Å². The summed E-state index contributed by atoms with van der Waals surface area (Å²) in [5.74, 6) is -3.59. The van der Waals surface area contributed by atoms with E-state index in [1.165, 1.54) is 26.8 Å². The largest absolute Gasteiger partial charge is 0.459 e. The van der Waals surface area contributed by atoms with Crippen molar-refractivity contribution in [2.45, 2.75) is 95.6 Å². The van der Waals surface area contributed by atoms with Crippen LogP contribution in [0.15, 0.2) is 36.4 Å². The number of hydrogen-bond acceptors (Lipinski definition) is 11. The summed E-state index contributed by atoms with van der Waals surface area (Å²) < 4.78 is 29.9. The standard InChI is InChI=1S/C30H38O11/c1-17(32)37-21-15-28(5,36)30-25(38-18(2)33)20(27(3,4)41-30)14-22(29(30,6)26(21)40-24(35)16-31)39-23(34)13-12-19-10-8-7-9-11-19/h7-13,20-22,25-26,31,36H,14-16H2,1-6H3/t20-,21+,22+,25-,26+,28+,29-,30+/m1/s1. The number of hydrogen-bond donors (Lipinski definition) is 2. The molecule has 224 valence electrons. The van der Waals surface area contributed by atoms with Crippen LogP contribution in [0, 0.1) is 11.3 Å². The van der Waals surface area contributed by atoms with Gasteiger partial charge in [0.15, 0.2) is 6.10 Å². The molecule has 1 aliphatic heterocycles. The molecule has 4 rings (SSSR count). The van der Waals surface area contributed by atoms with Gasteiger partial charge in [-0.2, -0.15) is 0 Å². The van der Waals surface area contributed by atoms with Crippen LogP contribution in [0.1, 0.15) is 59.9 Å². The van der Waals surface area contributed by atoms with Gasteiger partial charge in [-0.3, -0.25) is 9.59 Å². The number of esters is 4. The highest BCUT2D eigenvalue weighted by Crippen LogP contribution is 2.68. The molecule has 2 aliphatic carbocycles. The number of carbonyl (C=O) groups excluding carboxylic acids is 4. The van der Waals surface area contributed by atoms with Gasteiger partial charge >= 0.3 is 23.9 Å². The third-order valence-electron chi connectivity index (χ3n) is 8.82. The summed E-state index contributed by atoms with van der Waals surface area (Å²) in [5, 5.41) is 21.7. The summed E-state index contributed by atoms with van der Waals surface area (Å²) in [6, 6.07) is 9.11. The van der Waals surface area contributed by atoms with E-state index in [1.807, 2.05) is 30.3 Å². The average Bonchev–Trinajstić information content (AvgIpc) is 3.06. The van der Waals surface area contributed by atoms with Gasteiger partial charge in [-0.1, -0.05) is 30.3 Å². The Morgan fingerprint density at radius 1 is 0.951 bits per heavy atom. The minimum absolute atomic E-state index is 0.101. The van der Waals surface area contributed by atoms with Gasteiger partial charge in [0.25, 0.3) is 0 Å².